The van der Waals surface area contributed by atoms with Gasteiger partial charge in [0.25, 0.3) is 0 Å². The van der Waals surface area contributed by atoms with Gasteiger partial charge in [0, 0.05) is 64.5 Å². The fourth-order valence-corrected chi connectivity index (χ4v) is 8.02. The van der Waals surface area contributed by atoms with Gasteiger partial charge in [-0.1, -0.05) is 50.1 Å². The van der Waals surface area contributed by atoms with Gasteiger partial charge in [0.15, 0.2) is 0 Å². The van der Waals surface area contributed by atoms with Crippen molar-refractivity contribution in [3.63, 3.8) is 0 Å². The van der Waals surface area contributed by atoms with Gasteiger partial charge in [-0.05, 0) is 98.5 Å². The summed E-state index contributed by atoms with van der Waals surface area (Å²) in [6, 6.07) is 21.3. The molecule has 2 heterocycles. The highest BCUT2D eigenvalue weighted by molar-refractivity contribution is 9.10. The van der Waals surface area contributed by atoms with Crippen LogP contribution in [0.3, 0.4) is 0 Å². The van der Waals surface area contributed by atoms with Crippen molar-refractivity contribution >= 4 is 53.7 Å². The maximum absolute atomic E-state index is 13.8. The third-order valence-corrected chi connectivity index (χ3v) is 10.8. The molecule has 2 unspecified atom stereocenters. The van der Waals surface area contributed by atoms with Crippen LogP contribution >= 0.6 is 31.9 Å². The van der Waals surface area contributed by atoms with E-state index in [1.54, 1.807) is 0 Å². The number of aryl methyl sites for hydroxylation is 1. The zero-order chi connectivity index (χ0) is 37.7. The summed E-state index contributed by atoms with van der Waals surface area (Å²) in [6.07, 6.45) is -2.74. The zero-order valence-electron chi connectivity index (χ0n) is 29.5. The first-order valence-electron chi connectivity index (χ1n) is 17.9. The molecule has 4 aromatic carbocycles. The predicted octanol–water partition coefficient (Wildman–Crippen LogP) is 8.66. The van der Waals surface area contributed by atoms with Gasteiger partial charge in [0.1, 0.15) is 24.3 Å². The molecule has 2 atom stereocenters. The first kappa shape index (κ1) is 39.6. The van der Waals surface area contributed by atoms with E-state index in [1.807, 2.05) is 25.1 Å². The van der Waals surface area contributed by atoms with Crippen molar-refractivity contribution < 1.29 is 32.5 Å². The zero-order valence-corrected chi connectivity index (χ0v) is 32.7. The molecule has 5 aromatic rings. The second-order valence-corrected chi connectivity index (χ2v) is 15.5. The molecule has 7 nitrogen and oxygen atoms in total. The molecule has 0 spiro atoms. The van der Waals surface area contributed by atoms with Crippen LogP contribution in [0, 0.1) is 5.82 Å². The SMILES string of the molecule is CC(O)C(N1CCN(CCCCc2ccc(OCc3ccc(F)c(C(F)(F)F)c3)c(CNCCO)c2)CC1)n1c2ccc(Br)cc2c2cc(Br)ccc21. The summed E-state index contributed by atoms with van der Waals surface area (Å²) in [5, 5.41) is 25.9. The number of halogens is 6. The van der Waals surface area contributed by atoms with Crippen LogP contribution in [0.2, 0.25) is 0 Å². The smallest absolute Gasteiger partial charge is 0.419 e. The Balaban J connectivity index is 1.04. The van der Waals surface area contributed by atoms with Crippen molar-refractivity contribution in [2.75, 3.05) is 45.9 Å². The summed E-state index contributed by atoms with van der Waals surface area (Å²) in [6.45, 7) is 6.96. The first-order chi connectivity index (χ1) is 25.4. The highest BCUT2D eigenvalue weighted by atomic mass is 79.9. The molecule has 1 aliphatic rings. The number of rotatable bonds is 15. The summed E-state index contributed by atoms with van der Waals surface area (Å²) in [7, 11) is 0. The Labute approximate surface area is 323 Å². The minimum absolute atomic E-state index is 0.0316. The summed E-state index contributed by atoms with van der Waals surface area (Å²) >= 11 is 7.27. The van der Waals surface area contributed by atoms with Gasteiger partial charge < -0.3 is 29.7 Å². The Bertz CT molecular complexity index is 1960. The lowest BCUT2D eigenvalue weighted by Crippen LogP contribution is -2.51. The lowest BCUT2D eigenvalue weighted by atomic mass is 10.0. The topological polar surface area (TPSA) is 73.1 Å². The van der Waals surface area contributed by atoms with Crippen molar-refractivity contribution in [3.05, 3.63) is 110 Å². The van der Waals surface area contributed by atoms with Crippen LogP contribution in [-0.2, 0) is 25.7 Å². The average Bonchev–Trinajstić information content (AvgIpc) is 3.42. The van der Waals surface area contributed by atoms with Gasteiger partial charge in [-0.15, -0.1) is 0 Å². The Kier molecular flexibility index (Phi) is 13.2. The maximum atomic E-state index is 13.8. The standard InChI is InChI=1S/C40H44Br2F4N4O3/c1-26(52)39(50-36-10-7-30(41)22-32(36)33-23-31(42)8-11-37(33)50)49-17-15-48(16-18-49)14-3-2-4-27-6-12-38(29(20-27)24-47-13-19-51)53-25-28-5-9-35(43)34(21-28)40(44,45)46/h5-12,20-23,26,39,47,51-52H,2-4,13-19,24-25H2,1H3. The van der Waals surface area contributed by atoms with E-state index in [0.717, 1.165) is 106 Å². The van der Waals surface area contributed by atoms with Crippen LogP contribution in [0.1, 0.15) is 48.2 Å². The Morgan fingerprint density at radius 2 is 1.51 bits per heavy atom. The Hall–Kier alpha value is -3.04. The van der Waals surface area contributed by atoms with Crippen LogP contribution in [-0.4, -0.2) is 76.6 Å². The second-order valence-electron chi connectivity index (χ2n) is 13.6. The molecule has 0 radical (unpaired) electrons. The number of fused-ring (bicyclic) bond motifs is 3. The summed E-state index contributed by atoms with van der Waals surface area (Å²) in [5.74, 6) is -0.795. The number of nitrogens with zero attached hydrogens (tertiary/aromatic N) is 3. The Morgan fingerprint density at radius 3 is 2.13 bits per heavy atom. The largest absolute Gasteiger partial charge is 0.489 e. The quantitative estimate of drug-likeness (QED) is 0.0724. The maximum Gasteiger partial charge on any atom is 0.419 e. The molecule has 284 valence electrons. The summed E-state index contributed by atoms with van der Waals surface area (Å²) in [5.41, 5.74) is 3.04. The van der Waals surface area contributed by atoms with E-state index in [4.69, 9.17) is 4.74 Å². The molecular weight excluding hydrogens is 820 g/mol. The molecule has 1 saturated heterocycles. The Morgan fingerprint density at radius 1 is 0.849 bits per heavy atom. The van der Waals surface area contributed by atoms with Crippen molar-refractivity contribution in [2.45, 2.75) is 57.8 Å². The van der Waals surface area contributed by atoms with E-state index in [0.29, 0.717) is 18.8 Å². The third kappa shape index (κ3) is 9.62. The predicted molar refractivity (Wildman–Crippen MR) is 207 cm³/mol. The lowest BCUT2D eigenvalue weighted by Gasteiger charge is -2.41. The number of hydrogen-bond donors (Lipinski definition) is 3. The van der Waals surface area contributed by atoms with Gasteiger partial charge in [-0.3, -0.25) is 4.90 Å². The lowest BCUT2D eigenvalue weighted by molar-refractivity contribution is -0.140. The van der Waals surface area contributed by atoms with Gasteiger partial charge in [0.05, 0.1) is 29.3 Å². The van der Waals surface area contributed by atoms with E-state index in [-0.39, 0.29) is 24.9 Å². The molecule has 3 N–H and O–H groups in total. The number of hydrogen-bond acceptors (Lipinski definition) is 6. The van der Waals surface area contributed by atoms with Crippen molar-refractivity contribution in [1.29, 1.82) is 0 Å². The number of ether oxygens (including phenoxy) is 1. The number of alkyl halides is 3. The minimum Gasteiger partial charge on any atom is -0.489 e. The molecule has 0 amide bonds. The van der Waals surface area contributed by atoms with Crippen LogP contribution in [0.4, 0.5) is 17.6 Å². The first-order valence-corrected chi connectivity index (χ1v) is 19.5. The molecule has 1 fully saturated rings. The molecule has 0 saturated carbocycles. The molecule has 1 aliphatic heterocycles. The van der Waals surface area contributed by atoms with Gasteiger partial charge in [-0.2, -0.15) is 13.2 Å². The number of benzene rings is 4. The second kappa shape index (κ2) is 17.6. The highest BCUT2D eigenvalue weighted by Crippen LogP contribution is 2.38. The fraction of sp³-hybridized carbons (Fsp3) is 0.400. The van der Waals surface area contributed by atoms with E-state index < -0.39 is 23.7 Å². The molecule has 53 heavy (non-hydrogen) atoms. The molecule has 1 aromatic heterocycles. The summed E-state index contributed by atoms with van der Waals surface area (Å²) in [4.78, 5) is 4.88. The fourth-order valence-electron chi connectivity index (χ4n) is 7.29. The highest BCUT2D eigenvalue weighted by Gasteiger charge is 2.34. The number of unbranched alkanes of at least 4 members (excludes halogenated alkanes) is 1. The summed E-state index contributed by atoms with van der Waals surface area (Å²) < 4.78 is 63.6. The van der Waals surface area contributed by atoms with Crippen LogP contribution < -0.4 is 10.1 Å². The normalized spacial score (nSPS) is 15.7. The molecule has 0 bridgehead atoms. The van der Waals surface area contributed by atoms with Crippen LogP contribution in [0.15, 0.2) is 81.7 Å². The number of aromatic nitrogens is 1. The average molecular weight is 865 g/mol. The number of aliphatic hydroxyl groups excluding tert-OH is 2. The number of aliphatic hydroxyl groups is 2. The minimum atomic E-state index is -4.79. The third-order valence-electron chi connectivity index (χ3n) is 9.85. The van der Waals surface area contributed by atoms with Gasteiger partial charge in [0.2, 0.25) is 0 Å². The molecular formula is C40H44Br2F4N4O3. The number of piperazine rings is 1. The van der Waals surface area contributed by atoms with E-state index in [1.165, 1.54) is 6.07 Å². The van der Waals surface area contributed by atoms with Crippen LogP contribution in [0.5, 0.6) is 5.75 Å². The van der Waals surface area contributed by atoms with Crippen LogP contribution in [0.25, 0.3) is 21.8 Å². The van der Waals surface area contributed by atoms with Crippen molar-refractivity contribution in [2.24, 2.45) is 0 Å². The van der Waals surface area contributed by atoms with E-state index in [9.17, 15) is 27.8 Å². The van der Waals surface area contributed by atoms with Crippen molar-refractivity contribution in [3.8, 4) is 5.75 Å². The van der Waals surface area contributed by atoms with Crippen molar-refractivity contribution in [1.82, 2.24) is 19.7 Å². The van der Waals surface area contributed by atoms with Gasteiger partial charge >= 0.3 is 6.18 Å². The monoisotopic (exact) mass is 862 g/mol. The molecule has 0 aliphatic carbocycles. The van der Waals surface area contributed by atoms with E-state index >= 15 is 0 Å². The molecule has 13 heteroatoms. The van der Waals surface area contributed by atoms with E-state index in [2.05, 4.69) is 87.9 Å². The number of nitrogens with one attached hydrogen (secondary N) is 1. The van der Waals surface area contributed by atoms with Gasteiger partial charge in [-0.25, -0.2) is 4.39 Å². The molecule has 6 rings (SSSR count).